The van der Waals surface area contributed by atoms with Gasteiger partial charge in [0.05, 0.1) is 11.8 Å². The molecule has 1 fully saturated rings. The second-order valence-corrected chi connectivity index (χ2v) is 6.66. The van der Waals surface area contributed by atoms with Gasteiger partial charge in [-0.2, -0.15) is 4.31 Å². The van der Waals surface area contributed by atoms with Gasteiger partial charge in [0.25, 0.3) is 0 Å². The summed E-state index contributed by atoms with van der Waals surface area (Å²) >= 11 is 0. The minimum Gasteiger partial charge on any atom is -0.398 e. The number of benzene rings is 1. The number of amides is 1. The molecule has 1 aliphatic rings. The molecule has 1 aromatic rings. The molecule has 1 aromatic carbocycles. The molecule has 0 spiro atoms. The Labute approximate surface area is 117 Å². The molecule has 20 heavy (non-hydrogen) atoms. The van der Waals surface area contributed by atoms with E-state index in [0.717, 1.165) is 0 Å². The first-order valence-electron chi connectivity index (χ1n) is 6.20. The van der Waals surface area contributed by atoms with Crippen molar-refractivity contribution in [3.8, 4) is 0 Å². The average Bonchev–Trinajstić information content (AvgIpc) is 2.38. The van der Waals surface area contributed by atoms with E-state index in [2.05, 4.69) is 0 Å². The van der Waals surface area contributed by atoms with Crippen molar-refractivity contribution in [3.05, 3.63) is 23.8 Å². The van der Waals surface area contributed by atoms with Crippen LogP contribution in [0.15, 0.2) is 23.1 Å². The largest absolute Gasteiger partial charge is 0.398 e. The molecule has 0 bridgehead atoms. The summed E-state index contributed by atoms with van der Waals surface area (Å²) in [5, 5.41) is 9.42. The van der Waals surface area contributed by atoms with Gasteiger partial charge >= 0.3 is 0 Å². The maximum absolute atomic E-state index is 12.4. The van der Waals surface area contributed by atoms with Crippen LogP contribution in [0, 0.1) is 0 Å². The van der Waals surface area contributed by atoms with Gasteiger partial charge in [0.2, 0.25) is 15.9 Å². The number of carbonyl (C=O) groups is 1. The summed E-state index contributed by atoms with van der Waals surface area (Å²) in [6.45, 7) is 0.501. The lowest BCUT2D eigenvalue weighted by atomic mass is 10.1. The number of nitrogens with two attached hydrogens (primary N) is 2. The van der Waals surface area contributed by atoms with Crippen molar-refractivity contribution in [2.24, 2.45) is 5.73 Å². The van der Waals surface area contributed by atoms with Gasteiger partial charge in [0.1, 0.15) is 4.90 Å². The molecular formula is C12H17N3O4S. The SMILES string of the molecule is NC(=O)c1ccc(S(=O)(=O)N2CCC(O)CC2)c(N)c1. The molecule has 1 heterocycles. The van der Waals surface area contributed by atoms with E-state index in [-0.39, 0.29) is 29.2 Å². The fraction of sp³-hybridized carbons (Fsp3) is 0.417. The van der Waals surface area contributed by atoms with E-state index < -0.39 is 22.0 Å². The van der Waals surface area contributed by atoms with Crippen LogP contribution >= 0.6 is 0 Å². The number of rotatable bonds is 3. The highest BCUT2D eigenvalue weighted by Gasteiger charge is 2.30. The second kappa shape index (κ2) is 5.39. The van der Waals surface area contributed by atoms with Gasteiger partial charge in [0, 0.05) is 18.7 Å². The van der Waals surface area contributed by atoms with Gasteiger partial charge in [-0.25, -0.2) is 8.42 Å². The Morgan fingerprint density at radius 2 is 1.90 bits per heavy atom. The van der Waals surface area contributed by atoms with Crippen LogP contribution in [0.25, 0.3) is 0 Å². The second-order valence-electron chi connectivity index (χ2n) is 4.75. The molecular weight excluding hydrogens is 282 g/mol. The summed E-state index contributed by atoms with van der Waals surface area (Å²) < 4.78 is 26.2. The zero-order valence-corrected chi connectivity index (χ0v) is 11.6. The highest BCUT2D eigenvalue weighted by molar-refractivity contribution is 7.89. The number of primary amides is 1. The minimum atomic E-state index is -3.71. The van der Waals surface area contributed by atoms with E-state index in [0.29, 0.717) is 12.8 Å². The monoisotopic (exact) mass is 299 g/mol. The number of nitrogen functional groups attached to an aromatic ring is 1. The van der Waals surface area contributed by atoms with Crippen LogP contribution in [-0.4, -0.2) is 42.9 Å². The molecule has 2 rings (SSSR count). The quantitative estimate of drug-likeness (QED) is 0.649. The van der Waals surface area contributed by atoms with Gasteiger partial charge in [-0.3, -0.25) is 4.79 Å². The number of sulfonamides is 1. The third kappa shape index (κ3) is 2.77. The predicted molar refractivity (Wildman–Crippen MR) is 73.4 cm³/mol. The number of piperidine rings is 1. The van der Waals surface area contributed by atoms with E-state index in [1.54, 1.807) is 0 Å². The number of aliphatic hydroxyl groups is 1. The molecule has 5 N–H and O–H groups in total. The topological polar surface area (TPSA) is 127 Å². The van der Waals surface area contributed by atoms with Crippen molar-refractivity contribution in [3.63, 3.8) is 0 Å². The lowest BCUT2D eigenvalue weighted by Gasteiger charge is -2.29. The van der Waals surface area contributed by atoms with Crippen molar-refractivity contribution in [2.75, 3.05) is 18.8 Å². The van der Waals surface area contributed by atoms with Crippen molar-refractivity contribution in [1.82, 2.24) is 4.31 Å². The van der Waals surface area contributed by atoms with E-state index in [9.17, 15) is 18.3 Å². The molecule has 1 amide bonds. The summed E-state index contributed by atoms with van der Waals surface area (Å²) in [6.07, 6.45) is 0.341. The van der Waals surface area contributed by atoms with Crippen molar-refractivity contribution in [1.29, 1.82) is 0 Å². The fourth-order valence-corrected chi connectivity index (χ4v) is 3.72. The molecule has 1 aliphatic heterocycles. The van der Waals surface area contributed by atoms with Gasteiger partial charge in [0.15, 0.2) is 0 Å². The Kier molecular flexibility index (Phi) is 3.98. The average molecular weight is 299 g/mol. The van der Waals surface area contributed by atoms with Gasteiger partial charge in [-0.05, 0) is 31.0 Å². The summed E-state index contributed by atoms with van der Waals surface area (Å²) in [4.78, 5) is 11.0. The van der Waals surface area contributed by atoms with Crippen LogP contribution in [-0.2, 0) is 10.0 Å². The fourth-order valence-electron chi connectivity index (χ4n) is 2.16. The van der Waals surface area contributed by atoms with Crippen LogP contribution in [0.1, 0.15) is 23.2 Å². The van der Waals surface area contributed by atoms with Gasteiger partial charge in [-0.1, -0.05) is 0 Å². The third-order valence-electron chi connectivity index (χ3n) is 3.34. The number of carbonyl (C=O) groups excluding carboxylic acids is 1. The van der Waals surface area contributed by atoms with Crippen LogP contribution in [0.4, 0.5) is 5.69 Å². The third-order valence-corrected chi connectivity index (χ3v) is 5.31. The maximum atomic E-state index is 12.4. The number of hydrogen-bond donors (Lipinski definition) is 3. The predicted octanol–water partition coefficient (Wildman–Crippen LogP) is -0.487. The molecule has 110 valence electrons. The molecule has 8 heteroatoms. The smallest absolute Gasteiger partial charge is 0.248 e. The zero-order valence-electron chi connectivity index (χ0n) is 10.8. The molecule has 0 aliphatic carbocycles. The van der Waals surface area contributed by atoms with Crippen molar-refractivity contribution in [2.45, 2.75) is 23.8 Å². The maximum Gasteiger partial charge on any atom is 0.248 e. The lowest BCUT2D eigenvalue weighted by molar-refractivity contribution is 0.1000. The van der Waals surface area contributed by atoms with E-state index >= 15 is 0 Å². The lowest BCUT2D eigenvalue weighted by Crippen LogP contribution is -2.40. The molecule has 0 saturated carbocycles. The van der Waals surface area contributed by atoms with Crippen molar-refractivity contribution >= 4 is 21.6 Å². The Morgan fingerprint density at radius 1 is 1.30 bits per heavy atom. The Balaban J connectivity index is 2.32. The highest BCUT2D eigenvalue weighted by Crippen LogP contribution is 2.26. The Hall–Kier alpha value is -1.64. The van der Waals surface area contributed by atoms with Crippen LogP contribution < -0.4 is 11.5 Å². The normalized spacial score (nSPS) is 18.1. The standard InChI is InChI=1S/C12H17N3O4S/c13-10-7-8(12(14)17)1-2-11(10)20(18,19)15-5-3-9(16)4-6-15/h1-2,7,9,16H,3-6,13H2,(H2,14,17). The molecule has 0 radical (unpaired) electrons. The van der Waals surface area contributed by atoms with Crippen LogP contribution in [0.3, 0.4) is 0 Å². The van der Waals surface area contributed by atoms with Gasteiger partial charge < -0.3 is 16.6 Å². The number of hydrogen-bond acceptors (Lipinski definition) is 5. The minimum absolute atomic E-state index is 0.00702. The Morgan fingerprint density at radius 3 is 2.40 bits per heavy atom. The summed E-state index contributed by atoms with van der Waals surface area (Å²) in [6, 6.07) is 3.88. The van der Waals surface area contributed by atoms with E-state index in [1.165, 1.54) is 22.5 Å². The number of anilines is 1. The first-order valence-corrected chi connectivity index (χ1v) is 7.64. The molecule has 1 saturated heterocycles. The molecule has 0 unspecified atom stereocenters. The van der Waals surface area contributed by atoms with E-state index in [1.807, 2.05) is 0 Å². The Bertz CT molecular complexity index is 622. The first kappa shape index (κ1) is 14.8. The van der Waals surface area contributed by atoms with E-state index in [4.69, 9.17) is 11.5 Å². The van der Waals surface area contributed by atoms with Crippen LogP contribution in [0.5, 0.6) is 0 Å². The van der Waals surface area contributed by atoms with Crippen molar-refractivity contribution < 1.29 is 18.3 Å². The first-order chi connectivity index (χ1) is 9.32. The number of aliphatic hydroxyl groups excluding tert-OH is 1. The molecule has 0 aromatic heterocycles. The summed E-state index contributed by atoms with van der Waals surface area (Å²) in [5.74, 6) is -0.665. The summed E-state index contributed by atoms with van der Waals surface area (Å²) in [5.41, 5.74) is 11.0. The molecule has 0 atom stereocenters. The number of nitrogens with zero attached hydrogens (tertiary/aromatic N) is 1. The zero-order chi connectivity index (χ0) is 14.9. The summed E-state index contributed by atoms with van der Waals surface area (Å²) in [7, 11) is -3.71. The molecule has 7 nitrogen and oxygen atoms in total. The van der Waals surface area contributed by atoms with Crippen LogP contribution in [0.2, 0.25) is 0 Å². The highest BCUT2D eigenvalue weighted by atomic mass is 32.2. The van der Waals surface area contributed by atoms with Gasteiger partial charge in [-0.15, -0.1) is 0 Å².